The largest absolute Gasteiger partial charge is 0.497 e. The molecule has 0 atom stereocenters. The lowest BCUT2D eigenvalue weighted by Gasteiger charge is -2.29. The predicted molar refractivity (Wildman–Crippen MR) is 82.3 cm³/mol. The Labute approximate surface area is 125 Å². The Hall–Kier alpha value is -1.95. The highest BCUT2D eigenvalue weighted by atomic mass is 16.5. The number of nitrogens with zero attached hydrogens (tertiary/aromatic N) is 2. The van der Waals surface area contributed by atoms with E-state index in [9.17, 15) is 0 Å². The van der Waals surface area contributed by atoms with E-state index in [4.69, 9.17) is 20.4 Å². The maximum absolute atomic E-state index is 8.94. The van der Waals surface area contributed by atoms with Gasteiger partial charge in [-0.1, -0.05) is 5.16 Å². The Kier molecular flexibility index (Phi) is 5.27. The zero-order valence-electron chi connectivity index (χ0n) is 12.6. The van der Waals surface area contributed by atoms with Gasteiger partial charge in [0.15, 0.2) is 5.84 Å². The van der Waals surface area contributed by atoms with E-state index in [-0.39, 0.29) is 5.84 Å². The second kappa shape index (κ2) is 7.17. The van der Waals surface area contributed by atoms with Gasteiger partial charge in [0, 0.05) is 38.4 Å². The summed E-state index contributed by atoms with van der Waals surface area (Å²) in [5, 5.41) is 12.1. The predicted octanol–water partition coefficient (Wildman–Crippen LogP) is 1.65. The first-order chi connectivity index (χ1) is 10.2. The molecule has 6 nitrogen and oxygen atoms in total. The van der Waals surface area contributed by atoms with Gasteiger partial charge in [0.25, 0.3) is 0 Å². The fourth-order valence-electron chi connectivity index (χ4n) is 2.64. The third-order valence-corrected chi connectivity index (χ3v) is 3.87. The zero-order chi connectivity index (χ0) is 15.2. The molecule has 0 aliphatic carbocycles. The molecule has 21 heavy (non-hydrogen) atoms. The number of oxime groups is 1. The lowest BCUT2D eigenvalue weighted by molar-refractivity contribution is 0.0685. The molecule has 6 heteroatoms. The van der Waals surface area contributed by atoms with Gasteiger partial charge < -0.3 is 25.3 Å². The molecule has 1 aromatic rings. The van der Waals surface area contributed by atoms with Crippen LogP contribution in [0.15, 0.2) is 23.4 Å². The van der Waals surface area contributed by atoms with E-state index >= 15 is 0 Å². The van der Waals surface area contributed by atoms with E-state index in [1.54, 1.807) is 13.2 Å². The van der Waals surface area contributed by atoms with Crippen LogP contribution < -0.4 is 15.4 Å². The Bertz CT molecular complexity index is 499. The van der Waals surface area contributed by atoms with Crippen molar-refractivity contribution in [1.29, 1.82) is 0 Å². The Balaban J connectivity index is 2.22. The highest BCUT2D eigenvalue weighted by Crippen LogP contribution is 2.27. The maximum atomic E-state index is 8.94. The number of ether oxygens (including phenoxy) is 2. The molecule has 0 radical (unpaired) electrons. The number of nitrogens with two attached hydrogens (primary N) is 1. The quantitative estimate of drug-likeness (QED) is 0.373. The average molecular weight is 293 g/mol. The van der Waals surface area contributed by atoms with E-state index in [0.29, 0.717) is 11.5 Å². The van der Waals surface area contributed by atoms with Crippen LogP contribution in [0.3, 0.4) is 0 Å². The second-order valence-corrected chi connectivity index (χ2v) is 5.30. The summed E-state index contributed by atoms with van der Waals surface area (Å²) in [6, 6.07) is 5.52. The normalized spacial score (nSPS) is 16.8. The average Bonchev–Trinajstić information content (AvgIpc) is 2.54. The molecule has 116 valence electrons. The Morgan fingerprint density at radius 2 is 2.19 bits per heavy atom. The number of hydrogen-bond acceptors (Lipinski definition) is 5. The minimum Gasteiger partial charge on any atom is -0.497 e. The summed E-state index contributed by atoms with van der Waals surface area (Å²) in [6.07, 6.45) is 2.13. The lowest BCUT2D eigenvalue weighted by atomic mass is 9.99. The van der Waals surface area contributed by atoms with Crippen LogP contribution in [0.1, 0.15) is 18.4 Å². The van der Waals surface area contributed by atoms with Gasteiger partial charge in [0.05, 0.1) is 12.8 Å². The molecule has 1 aliphatic rings. The van der Waals surface area contributed by atoms with Crippen LogP contribution in [-0.4, -0.2) is 45.0 Å². The van der Waals surface area contributed by atoms with Gasteiger partial charge in [-0.25, -0.2) is 0 Å². The Morgan fingerprint density at radius 3 is 2.81 bits per heavy atom. The van der Waals surface area contributed by atoms with Gasteiger partial charge in [-0.05, 0) is 30.9 Å². The summed E-state index contributed by atoms with van der Waals surface area (Å²) in [4.78, 5) is 2.13. The third kappa shape index (κ3) is 3.78. The van der Waals surface area contributed by atoms with Crippen molar-refractivity contribution in [2.24, 2.45) is 16.8 Å². The molecule has 1 heterocycles. The van der Waals surface area contributed by atoms with Crippen LogP contribution in [0.2, 0.25) is 0 Å². The second-order valence-electron chi connectivity index (χ2n) is 5.30. The molecule has 0 saturated carbocycles. The first-order valence-corrected chi connectivity index (χ1v) is 7.10. The van der Waals surface area contributed by atoms with Crippen molar-refractivity contribution in [3.63, 3.8) is 0 Å². The van der Waals surface area contributed by atoms with Crippen molar-refractivity contribution in [3.8, 4) is 5.75 Å². The molecule has 1 saturated heterocycles. The number of benzene rings is 1. The third-order valence-electron chi connectivity index (χ3n) is 3.87. The van der Waals surface area contributed by atoms with Crippen molar-refractivity contribution in [3.05, 3.63) is 23.8 Å². The molecule has 0 aromatic heterocycles. The highest BCUT2D eigenvalue weighted by molar-refractivity contribution is 6.02. The number of anilines is 1. The van der Waals surface area contributed by atoms with Crippen molar-refractivity contribution >= 4 is 11.5 Å². The van der Waals surface area contributed by atoms with Crippen molar-refractivity contribution < 1.29 is 14.7 Å². The number of rotatable bonds is 5. The summed E-state index contributed by atoms with van der Waals surface area (Å²) in [5.74, 6) is 1.44. The molecule has 1 fully saturated rings. The van der Waals surface area contributed by atoms with Crippen LogP contribution in [0.25, 0.3) is 0 Å². The molecule has 0 amide bonds. The fourth-order valence-corrected chi connectivity index (χ4v) is 2.64. The van der Waals surface area contributed by atoms with Gasteiger partial charge in [0.1, 0.15) is 5.75 Å². The highest BCUT2D eigenvalue weighted by Gasteiger charge is 2.19. The molecule has 1 aromatic carbocycles. The number of methoxy groups -OCH3 is 1. The maximum Gasteiger partial charge on any atom is 0.172 e. The zero-order valence-corrected chi connectivity index (χ0v) is 12.6. The number of hydrogen-bond donors (Lipinski definition) is 2. The van der Waals surface area contributed by atoms with E-state index in [2.05, 4.69) is 10.1 Å². The van der Waals surface area contributed by atoms with Crippen molar-refractivity contribution in [2.75, 3.05) is 38.8 Å². The van der Waals surface area contributed by atoms with Crippen LogP contribution in [0.5, 0.6) is 5.75 Å². The van der Waals surface area contributed by atoms with Crippen LogP contribution in [0, 0.1) is 5.92 Å². The summed E-state index contributed by atoms with van der Waals surface area (Å²) in [6.45, 7) is 2.55. The van der Waals surface area contributed by atoms with Gasteiger partial charge in [-0.2, -0.15) is 0 Å². The summed E-state index contributed by atoms with van der Waals surface area (Å²) < 4.78 is 10.7. The fraction of sp³-hybridized carbons (Fsp3) is 0.533. The van der Waals surface area contributed by atoms with Gasteiger partial charge in [0.2, 0.25) is 0 Å². The first kappa shape index (κ1) is 15.4. The molecule has 3 N–H and O–H groups in total. The van der Waals surface area contributed by atoms with Crippen LogP contribution >= 0.6 is 0 Å². The number of amidine groups is 1. The van der Waals surface area contributed by atoms with E-state index in [1.807, 2.05) is 19.2 Å². The molecule has 0 unspecified atom stereocenters. The lowest BCUT2D eigenvalue weighted by Crippen LogP contribution is -2.31. The summed E-state index contributed by atoms with van der Waals surface area (Å²) >= 11 is 0. The van der Waals surface area contributed by atoms with Crippen LogP contribution in [0.4, 0.5) is 5.69 Å². The summed E-state index contributed by atoms with van der Waals surface area (Å²) in [7, 11) is 3.64. The monoisotopic (exact) mass is 293 g/mol. The van der Waals surface area contributed by atoms with Crippen molar-refractivity contribution in [2.45, 2.75) is 12.8 Å². The van der Waals surface area contributed by atoms with Crippen LogP contribution in [-0.2, 0) is 4.74 Å². The minimum absolute atomic E-state index is 0.103. The SMILES string of the molecule is COc1ccc(/C(N)=N/O)c(N(C)CC2CCOCC2)c1. The van der Waals surface area contributed by atoms with E-state index in [1.165, 1.54) is 0 Å². The standard InChI is InChI=1S/C15H23N3O3/c1-18(10-11-5-7-21-8-6-11)14-9-12(20-2)3-4-13(14)15(16)17-19/h3-4,9,11,19H,5-8,10H2,1-2H3,(H2,16,17). The smallest absolute Gasteiger partial charge is 0.172 e. The molecule has 0 bridgehead atoms. The van der Waals surface area contributed by atoms with E-state index < -0.39 is 0 Å². The van der Waals surface area contributed by atoms with E-state index in [0.717, 1.165) is 44.0 Å². The molecule has 1 aliphatic heterocycles. The molecular formula is C15H23N3O3. The van der Waals surface area contributed by atoms with Crippen molar-refractivity contribution in [1.82, 2.24) is 0 Å². The Morgan fingerprint density at radius 1 is 1.48 bits per heavy atom. The molecular weight excluding hydrogens is 270 g/mol. The minimum atomic E-state index is 0.103. The van der Waals surface area contributed by atoms with Gasteiger partial charge in [-0.3, -0.25) is 0 Å². The molecule has 2 rings (SSSR count). The topological polar surface area (TPSA) is 80.3 Å². The molecule has 0 spiro atoms. The first-order valence-electron chi connectivity index (χ1n) is 7.10. The summed E-state index contributed by atoms with van der Waals surface area (Å²) in [5.41, 5.74) is 7.37. The van der Waals surface area contributed by atoms with Gasteiger partial charge in [-0.15, -0.1) is 0 Å². The van der Waals surface area contributed by atoms with Gasteiger partial charge >= 0.3 is 0 Å².